The Kier molecular flexibility index (Phi) is 2.83. The normalized spacial score (nSPS) is 9.85. The first-order chi connectivity index (χ1) is 6.11. The fraction of sp³-hybridized carbons (Fsp3) is 0.125. The van der Waals surface area contributed by atoms with E-state index in [9.17, 15) is 13.6 Å². The van der Waals surface area contributed by atoms with Crippen molar-refractivity contribution in [3.63, 3.8) is 0 Å². The van der Waals surface area contributed by atoms with E-state index < -0.39 is 17.2 Å². The molecule has 0 N–H and O–H groups in total. The van der Waals surface area contributed by atoms with Gasteiger partial charge in [0, 0.05) is 6.07 Å². The van der Waals surface area contributed by atoms with E-state index in [-0.39, 0.29) is 17.1 Å². The smallest absolute Gasteiger partial charge is 0.178 e. The van der Waals surface area contributed by atoms with E-state index >= 15 is 0 Å². The van der Waals surface area contributed by atoms with Crippen molar-refractivity contribution in [2.75, 3.05) is 7.11 Å². The summed E-state index contributed by atoms with van der Waals surface area (Å²) in [7, 11) is 1.20. The molecule has 0 saturated heterocycles. The summed E-state index contributed by atoms with van der Waals surface area (Å²) < 4.78 is 30.5. The van der Waals surface area contributed by atoms with Crippen LogP contribution >= 0.6 is 11.6 Å². The predicted molar refractivity (Wildman–Crippen MR) is 43.3 cm³/mol. The van der Waals surface area contributed by atoms with Gasteiger partial charge >= 0.3 is 0 Å². The van der Waals surface area contributed by atoms with Crippen LogP contribution in [0.5, 0.6) is 5.75 Å². The van der Waals surface area contributed by atoms with Gasteiger partial charge in [0.1, 0.15) is 0 Å². The summed E-state index contributed by atoms with van der Waals surface area (Å²) in [5, 5.41) is -0.347. The zero-order chi connectivity index (χ0) is 10.0. The van der Waals surface area contributed by atoms with Crippen molar-refractivity contribution in [1.29, 1.82) is 0 Å². The molecule has 2 nitrogen and oxygen atoms in total. The van der Waals surface area contributed by atoms with E-state index in [1.54, 1.807) is 0 Å². The monoisotopic (exact) mass is 206 g/mol. The molecule has 0 saturated carbocycles. The number of rotatable bonds is 2. The minimum Gasteiger partial charge on any atom is -0.494 e. The van der Waals surface area contributed by atoms with E-state index in [4.69, 9.17) is 11.6 Å². The summed E-state index contributed by atoms with van der Waals surface area (Å²) >= 11 is 5.37. The maximum Gasteiger partial charge on any atom is 0.178 e. The van der Waals surface area contributed by atoms with Crippen molar-refractivity contribution in [3.05, 3.63) is 28.3 Å². The number of aldehydes is 1. The van der Waals surface area contributed by atoms with Crippen LogP contribution in [0.3, 0.4) is 0 Å². The summed E-state index contributed by atoms with van der Waals surface area (Å²) in [6, 6.07) is 0.971. The summed E-state index contributed by atoms with van der Waals surface area (Å²) in [5.41, 5.74) is -0.718. The third-order valence-electron chi connectivity index (χ3n) is 1.49. The zero-order valence-electron chi connectivity index (χ0n) is 6.61. The number of methoxy groups -OCH3 is 1. The number of ether oxygens (including phenoxy) is 1. The van der Waals surface area contributed by atoms with Gasteiger partial charge in [-0.05, 0) is 0 Å². The van der Waals surface area contributed by atoms with Gasteiger partial charge in [0.15, 0.2) is 23.7 Å². The zero-order valence-corrected chi connectivity index (χ0v) is 7.36. The first-order valence-corrected chi connectivity index (χ1v) is 3.66. The topological polar surface area (TPSA) is 26.3 Å². The molecule has 1 rings (SSSR count). The molecule has 0 aromatic heterocycles. The Hall–Kier alpha value is -1.16. The van der Waals surface area contributed by atoms with Crippen molar-refractivity contribution in [3.8, 4) is 5.75 Å². The number of hydrogen-bond donors (Lipinski definition) is 0. The second-order valence-corrected chi connectivity index (χ2v) is 2.63. The summed E-state index contributed by atoms with van der Waals surface area (Å²) in [6.45, 7) is 0. The Labute approximate surface area is 78.1 Å². The Balaban J connectivity index is 3.47. The molecule has 0 spiro atoms. The van der Waals surface area contributed by atoms with E-state index in [0.29, 0.717) is 0 Å². The van der Waals surface area contributed by atoms with Crippen LogP contribution in [0, 0.1) is 11.6 Å². The van der Waals surface area contributed by atoms with Crippen LogP contribution in [0.4, 0.5) is 8.78 Å². The van der Waals surface area contributed by atoms with Gasteiger partial charge in [0.05, 0.1) is 17.7 Å². The van der Waals surface area contributed by atoms with Crippen molar-refractivity contribution >= 4 is 17.9 Å². The molecule has 1 aromatic carbocycles. The fourth-order valence-corrected chi connectivity index (χ4v) is 1.05. The highest BCUT2D eigenvalue weighted by atomic mass is 35.5. The number of halogens is 3. The summed E-state index contributed by atoms with van der Waals surface area (Å²) in [5.74, 6) is -2.37. The number of benzene rings is 1. The molecule has 0 amide bonds. The van der Waals surface area contributed by atoms with Crippen LogP contribution in [0.25, 0.3) is 0 Å². The minimum atomic E-state index is -1.07. The van der Waals surface area contributed by atoms with Crippen LogP contribution < -0.4 is 4.74 Å². The molecule has 0 aliphatic rings. The van der Waals surface area contributed by atoms with Gasteiger partial charge in [-0.25, -0.2) is 8.78 Å². The molecule has 0 fully saturated rings. The van der Waals surface area contributed by atoms with Crippen molar-refractivity contribution in [1.82, 2.24) is 0 Å². The molecule has 0 aliphatic heterocycles. The lowest BCUT2D eigenvalue weighted by Gasteiger charge is -2.05. The number of carbonyl (C=O) groups is 1. The highest BCUT2D eigenvalue weighted by Gasteiger charge is 2.17. The molecule has 13 heavy (non-hydrogen) atoms. The molecule has 5 heteroatoms. The molecule has 0 aliphatic carbocycles. The molecule has 0 heterocycles. The van der Waals surface area contributed by atoms with Crippen LogP contribution in [-0.4, -0.2) is 13.4 Å². The van der Waals surface area contributed by atoms with Gasteiger partial charge in [-0.15, -0.1) is 0 Å². The Bertz CT molecular complexity index is 352. The molecule has 0 bridgehead atoms. The number of carbonyl (C=O) groups excluding carboxylic acids is 1. The highest BCUT2D eigenvalue weighted by molar-refractivity contribution is 6.31. The van der Waals surface area contributed by atoms with E-state index in [2.05, 4.69) is 4.74 Å². The third kappa shape index (κ3) is 1.62. The highest BCUT2D eigenvalue weighted by Crippen LogP contribution is 2.28. The van der Waals surface area contributed by atoms with Gasteiger partial charge in [-0.3, -0.25) is 4.79 Å². The predicted octanol–water partition coefficient (Wildman–Crippen LogP) is 2.44. The quantitative estimate of drug-likeness (QED) is 0.549. The van der Waals surface area contributed by atoms with Crippen LogP contribution in [-0.2, 0) is 0 Å². The maximum absolute atomic E-state index is 13.1. The Morgan fingerprint density at radius 1 is 1.46 bits per heavy atom. The van der Waals surface area contributed by atoms with Gasteiger partial charge in [0.25, 0.3) is 0 Å². The molecule has 0 unspecified atom stereocenters. The number of hydrogen-bond acceptors (Lipinski definition) is 2. The molecule has 0 radical (unpaired) electrons. The first-order valence-electron chi connectivity index (χ1n) is 3.28. The van der Waals surface area contributed by atoms with Crippen LogP contribution in [0.1, 0.15) is 10.4 Å². The summed E-state index contributed by atoms with van der Waals surface area (Å²) in [6.07, 6.45) is 0.0546. The van der Waals surface area contributed by atoms with Crippen LogP contribution in [0.2, 0.25) is 5.02 Å². The maximum atomic E-state index is 13.1. The average molecular weight is 207 g/mol. The van der Waals surface area contributed by atoms with Gasteiger partial charge < -0.3 is 4.74 Å². The SMILES string of the molecule is COc1cc(Cl)c(F)c(C=O)c1F. The van der Waals surface area contributed by atoms with Crippen LogP contribution in [0.15, 0.2) is 6.07 Å². The largest absolute Gasteiger partial charge is 0.494 e. The fourth-order valence-electron chi connectivity index (χ4n) is 0.852. The molecular formula is C8H5ClF2O2. The molecular weight excluding hydrogens is 202 g/mol. The minimum absolute atomic E-state index is 0.0546. The van der Waals surface area contributed by atoms with Crippen molar-refractivity contribution < 1.29 is 18.3 Å². The standard InChI is InChI=1S/C8H5ClF2O2/c1-13-6-2-5(9)7(10)4(3-12)8(6)11/h2-3H,1H3. The Morgan fingerprint density at radius 3 is 2.54 bits per heavy atom. The second-order valence-electron chi connectivity index (χ2n) is 2.22. The molecule has 1 aromatic rings. The lowest BCUT2D eigenvalue weighted by Crippen LogP contribution is -1.98. The van der Waals surface area contributed by atoms with Gasteiger partial charge in [-0.2, -0.15) is 0 Å². The van der Waals surface area contributed by atoms with E-state index in [1.165, 1.54) is 7.11 Å². The van der Waals surface area contributed by atoms with E-state index in [0.717, 1.165) is 6.07 Å². The molecule has 70 valence electrons. The third-order valence-corrected chi connectivity index (χ3v) is 1.77. The van der Waals surface area contributed by atoms with Gasteiger partial charge in [0.2, 0.25) is 0 Å². The Morgan fingerprint density at radius 2 is 2.08 bits per heavy atom. The van der Waals surface area contributed by atoms with Crippen molar-refractivity contribution in [2.45, 2.75) is 0 Å². The van der Waals surface area contributed by atoms with E-state index in [1.807, 2.05) is 0 Å². The molecule has 0 atom stereocenters. The van der Waals surface area contributed by atoms with Gasteiger partial charge in [-0.1, -0.05) is 11.6 Å². The lowest BCUT2D eigenvalue weighted by atomic mass is 10.2. The summed E-state index contributed by atoms with van der Waals surface area (Å²) in [4.78, 5) is 10.3. The first kappa shape index (κ1) is 9.92. The lowest BCUT2D eigenvalue weighted by molar-refractivity contribution is 0.111. The second kappa shape index (κ2) is 3.70. The van der Waals surface area contributed by atoms with Crippen molar-refractivity contribution in [2.24, 2.45) is 0 Å². The average Bonchev–Trinajstić information content (AvgIpc) is 2.12.